The van der Waals surface area contributed by atoms with Gasteiger partial charge in [-0.3, -0.25) is 4.79 Å². The molecule has 1 amide bonds. The van der Waals surface area contributed by atoms with Crippen molar-refractivity contribution in [2.75, 3.05) is 0 Å². The Labute approximate surface area is 106 Å². The van der Waals surface area contributed by atoms with Crippen LogP contribution in [-0.2, 0) is 9.59 Å². The molecule has 3 atom stereocenters. The van der Waals surface area contributed by atoms with E-state index in [1.165, 1.54) is 0 Å². The summed E-state index contributed by atoms with van der Waals surface area (Å²) >= 11 is 0. The highest BCUT2D eigenvalue weighted by atomic mass is 19.4. The number of nitrogens with zero attached hydrogens (tertiary/aromatic N) is 2. The van der Waals surface area contributed by atoms with Gasteiger partial charge in [-0.1, -0.05) is 0 Å². The van der Waals surface area contributed by atoms with Crippen LogP contribution in [-0.4, -0.2) is 46.2 Å². The number of carbonyl (C=O) groups is 2. The third-order valence-electron chi connectivity index (χ3n) is 2.99. The Hall–Kier alpha value is -1.82. The molecule has 9 heteroatoms. The molecule has 3 N–H and O–H groups in total. The van der Waals surface area contributed by atoms with Gasteiger partial charge in [-0.25, -0.2) is 4.79 Å². The van der Waals surface area contributed by atoms with Gasteiger partial charge in [0.2, 0.25) is 5.91 Å². The Morgan fingerprint density at radius 1 is 1.47 bits per heavy atom. The Morgan fingerprint density at radius 2 is 2.00 bits per heavy atom. The summed E-state index contributed by atoms with van der Waals surface area (Å²) < 4.78 is 31.7. The number of alkyl halides is 3. The smallest absolute Gasteiger partial charge is 0.475 e. The first-order valence-electron chi connectivity index (χ1n) is 5.46. The first-order valence-corrected chi connectivity index (χ1v) is 5.46. The molecule has 0 aliphatic carbocycles. The monoisotopic (exact) mass is 279 g/mol. The number of amides is 1. The largest absolute Gasteiger partial charge is 0.490 e. The minimum absolute atomic E-state index is 0.0379. The van der Waals surface area contributed by atoms with E-state index in [-0.39, 0.29) is 24.0 Å². The van der Waals surface area contributed by atoms with Crippen molar-refractivity contribution in [1.82, 2.24) is 4.90 Å². The molecule has 0 saturated carbocycles. The predicted octanol–water partition coefficient (Wildman–Crippen LogP) is 0.234. The lowest BCUT2D eigenvalue weighted by atomic mass is 10.1. The van der Waals surface area contributed by atoms with Crippen LogP contribution >= 0.6 is 0 Å². The highest BCUT2D eigenvalue weighted by Crippen LogP contribution is 2.32. The second-order valence-electron chi connectivity index (χ2n) is 4.27. The summed E-state index contributed by atoms with van der Waals surface area (Å²) in [4.78, 5) is 22.0. The van der Waals surface area contributed by atoms with Crippen molar-refractivity contribution in [3.05, 3.63) is 0 Å². The van der Waals surface area contributed by atoms with Crippen LogP contribution < -0.4 is 5.73 Å². The number of carboxylic acids is 1. The van der Waals surface area contributed by atoms with Crippen molar-refractivity contribution in [1.29, 1.82) is 5.26 Å². The van der Waals surface area contributed by atoms with Gasteiger partial charge in [0.25, 0.3) is 0 Å². The standard InChI is InChI=1S/C8H11N3O.C2HF3O2/c9-4-6-2-1-5-3-7(10)8(12)11(5)6;3-2(4,5)1(6)7/h5-7H,1-3,10H2;(H,6,7)/t5-,6+,7-;/m1./s1. The molecule has 6 nitrogen and oxygen atoms in total. The Balaban J connectivity index is 0.000000224. The minimum Gasteiger partial charge on any atom is -0.475 e. The number of hydrogen-bond donors (Lipinski definition) is 2. The zero-order valence-corrected chi connectivity index (χ0v) is 9.72. The first-order chi connectivity index (χ1) is 8.68. The fourth-order valence-corrected chi connectivity index (χ4v) is 2.16. The number of halogens is 3. The van der Waals surface area contributed by atoms with Crippen LogP contribution in [0.1, 0.15) is 19.3 Å². The van der Waals surface area contributed by atoms with Gasteiger partial charge in [0.15, 0.2) is 0 Å². The van der Waals surface area contributed by atoms with Crippen molar-refractivity contribution in [3.8, 4) is 6.07 Å². The molecule has 0 aromatic rings. The molecule has 0 spiro atoms. The molecule has 2 rings (SSSR count). The number of carbonyl (C=O) groups excluding carboxylic acids is 1. The predicted molar refractivity (Wildman–Crippen MR) is 55.6 cm³/mol. The van der Waals surface area contributed by atoms with Crippen LogP contribution in [0.5, 0.6) is 0 Å². The van der Waals surface area contributed by atoms with Crippen LogP contribution in [0.4, 0.5) is 13.2 Å². The second-order valence-corrected chi connectivity index (χ2v) is 4.27. The third kappa shape index (κ3) is 3.35. The van der Waals surface area contributed by atoms with Crippen LogP contribution in [0.3, 0.4) is 0 Å². The number of nitrogens with two attached hydrogens (primary N) is 1. The van der Waals surface area contributed by atoms with Crippen LogP contribution in [0.25, 0.3) is 0 Å². The number of carboxylic acid groups (broad SMARTS) is 1. The van der Waals surface area contributed by atoms with Gasteiger partial charge in [0, 0.05) is 6.04 Å². The van der Waals surface area contributed by atoms with E-state index in [0.29, 0.717) is 0 Å². The Kier molecular flexibility index (Phi) is 4.36. The van der Waals surface area contributed by atoms with E-state index in [2.05, 4.69) is 6.07 Å². The van der Waals surface area contributed by atoms with Gasteiger partial charge >= 0.3 is 12.1 Å². The Bertz CT molecular complexity index is 418. The number of aliphatic carboxylic acids is 1. The van der Waals surface area contributed by atoms with Gasteiger partial charge < -0.3 is 15.7 Å². The summed E-state index contributed by atoms with van der Waals surface area (Å²) in [6, 6.07) is 1.82. The highest BCUT2D eigenvalue weighted by molar-refractivity contribution is 5.85. The van der Waals surface area contributed by atoms with Crippen molar-refractivity contribution >= 4 is 11.9 Å². The molecule has 0 aromatic heterocycles. The van der Waals surface area contributed by atoms with E-state index in [1.54, 1.807) is 4.90 Å². The minimum atomic E-state index is -5.08. The maximum absolute atomic E-state index is 11.4. The average Bonchev–Trinajstić information content (AvgIpc) is 2.80. The molecule has 2 aliphatic heterocycles. The second kappa shape index (κ2) is 5.44. The number of rotatable bonds is 0. The molecule has 0 unspecified atom stereocenters. The van der Waals surface area contributed by atoms with Crippen molar-refractivity contribution < 1.29 is 27.9 Å². The molecule has 106 valence electrons. The van der Waals surface area contributed by atoms with Gasteiger partial charge in [0.05, 0.1) is 12.1 Å². The molecule has 0 bridgehead atoms. The summed E-state index contributed by atoms with van der Waals surface area (Å²) in [7, 11) is 0. The molecule has 0 radical (unpaired) electrons. The third-order valence-corrected chi connectivity index (χ3v) is 2.99. The van der Waals surface area contributed by atoms with E-state index in [0.717, 1.165) is 19.3 Å². The normalized spacial score (nSPS) is 29.3. The number of fused-ring (bicyclic) bond motifs is 1. The highest BCUT2D eigenvalue weighted by Gasteiger charge is 2.45. The lowest BCUT2D eigenvalue weighted by Crippen LogP contribution is -2.38. The summed E-state index contributed by atoms with van der Waals surface area (Å²) in [5, 5.41) is 15.9. The van der Waals surface area contributed by atoms with E-state index in [4.69, 9.17) is 20.9 Å². The summed E-state index contributed by atoms with van der Waals surface area (Å²) in [6.45, 7) is 0. The average molecular weight is 279 g/mol. The molecule has 2 saturated heterocycles. The molecule has 2 heterocycles. The molecule has 2 fully saturated rings. The van der Waals surface area contributed by atoms with E-state index in [9.17, 15) is 18.0 Å². The SMILES string of the molecule is N#C[C@@H]1CC[C@@H]2C[C@@H](N)C(=O)N21.O=C(O)C(F)(F)F. The number of nitriles is 1. The van der Waals surface area contributed by atoms with E-state index < -0.39 is 12.1 Å². The van der Waals surface area contributed by atoms with Crippen molar-refractivity contribution in [2.45, 2.75) is 43.6 Å². The lowest BCUT2D eigenvalue weighted by Gasteiger charge is -2.18. The Morgan fingerprint density at radius 3 is 2.42 bits per heavy atom. The van der Waals surface area contributed by atoms with Crippen LogP contribution in [0.15, 0.2) is 0 Å². The summed E-state index contributed by atoms with van der Waals surface area (Å²) in [5.41, 5.74) is 5.58. The molecule has 2 aliphatic rings. The molecular weight excluding hydrogens is 267 g/mol. The van der Waals surface area contributed by atoms with Gasteiger partial charge in [-0.15, -0.1) is 0 Å². The van der Waals surface area contributed by atoms with Gasteiger partial charge in [0.1, 0.15) is 6.04 Å². The number of hydrogen-bond acceptors (Lipinski definition) is 4. The summed E-state index contributed by atoms with van der Waals surface area (Å²) in [6.07, 6.45) is -2.59. The fraction of sp³-hybridized carbons (Fsp3) is 0.700. The van der Waals surface area contributed by atoms with Gasteiger partial charge in [-0.2, -0.15) is 18.4 Å². The van der Waals surface area contributed by atoms with E-state index in [1.807, 2.05) is 0 Å². The van der Waals surface area contributed by atoms with Crippen LogP contribution in [0, 0.1) is 11.3 Å². The van der Waals surface area contributed by atoms with E-state index >= 15 is 0 Å². The lowest BCUT2D eigenvalue weighted by molar-refractivity contribution is -0.192. The van der Waals surface area contributed by atoms with Crippen LogP contribution in [0.2, 0.25) is 0 Å². The quantitative estimate of drug-likeness (QED) is 0.660. The zero-order valence-electron chi connectivity index (χ0n) is 9.72. The summed E-state index contributed by atoms with van der Waals surface area (Å²) in [5.74, 6) is -2.79. The van der Waals surface area contributed by atoms with Crippen molar-refractivity contribution in [2.24, 2.45) is 5.73 Å². The maximum Gasteiger partial charge on any atom is 0.490 e. The van der Waals surface area contributed by atoms with Crippen molar-refractivity contribution in [3.63, 3.8) is 0 Å². The zero-order chi connectivity index (χ0) is 14.8. The maximum atomic E-state index is 11.4. The molecule has 0 aromatic carbocycles. The van der Waals surface area contributed by atoms with Gasteiger partial charge in [-0.05, 0) is 19.3 Å². The first kappa shape index (κ1) is 15.2. The topological polar surface area (TPSA) is 107 Å². The molecule has 19 heavy (non-hydrogen) atoms. The fourth-order valence-electron chi connectivity index (χ4n) is 2.16. The molecular formula is C10H12F3N3O3.